The zero-order valence-electron chi connectivity index (χ0n) is 13.2. The molecule has 3 rings (SSSR count). The number of benzene rings is 1. The van der Waals surface area contributed by atoms with Gasteiger partial charge in [-0.05, 0) is 36.1 Å². The minimum atomic E-state index is -3.44. The van der Waals surface area contributed by atoms with E-state index < -0.39 is 21.7 Å². The van der Waals surface area contributed by atoms with E-state index >= 15 is 0 Å². The molecule has 25 heavy (non-hydrogen) atoms. The average Bonchev–Trinajstić information content (AvgIpc) is 3.07. The Balaban J connectivity index is 1.65. The van der Waals surface area contributed by atoms with Gasteiger partial charge in [-0.15, -0.1) is 11.3 Å². The van der Waals surface area contributed by atoms with Crippen molar-refractivity contribution in [2.45, 2.75) is 17.7 Å². The number of thiophene rings is 1. The lowest BCUT2D eigenvalue weighted by atomic mass is 10.1. The maximum absolute atomic E-state index is 13.5. The molecule has 0 atom stereocenters. The van der Waals surface area contributed by atoms with Gasteiger partial charge in [0.1, 0.15) is 5.82 Å². The van der Waals surface area contributed by atoms with Gasteiger partial charge in [0.05, 0.1) is 16.4 Å². The van der Waals surface area contributed by atoms with Crippen LogP contribution in [0.25, 0.3) is 0 Å². The normalized spacial score (nSPS) is 17.1. The summed E-state index contributed by atoms with van der Waals surface area (Å²) in [6.07, 6.45) is 0.836. The highest BCUT2D eigenvalue weighted by molar-refractivity contribution is 7.91. The lowest BCUT2D eigenvalue weighted by Gasteiger charge is -2.18. The van der Waals surface area contributed by atoms with Crippen molar-refractivity contribution < 1.29 is 17.6 Å². The van der Waals surface area contributed by atoms with E-state index in [2.05, 4.69) is 15.8 Å². The van der Waals surface area contributed by atoms with Crippen molar-refractivity contribution >= 4 is 32.9 Å². The Kier molecular flexibility index (Phi) is 5.14. The summed E-state index contributed by atoms with van der Waals surface area (Å²) in [6, 6.07) is 6.90. The molecule has 1 aliphatic rings. The van der Waals surface area contributed by atoms with E-state index in [0.717, 1.165) is 17.0 Å². The van der Waals surface area contributed by atoms with Crippen LogP contribution in [-0.2, 0) is 16.3 Å². The van der Waals surface area contributed by atoms with Crippen LogP contribution < -0.4 is 10.7 Å². The topological polar surface area (TPSA) is 87.6 Å². The molecule has 1 aliphatic heterocycles. The Bertz CT molecular complexity index is 909. The molecule has 2 amide bonds. The molecule has 0 unspecified atom stereocenters. The smallest absolute Gasteiger partial charge is 0.335 e. The van der Waals surface area contributed by atoms with E-state index in [4.69, 9.17) is 0 Å². The van der Waals surface area contributed by atoms with Crippen LogP contribution in [0.4, 0.5) is 9.18 Å². The van der Waals surface area contributed by atoms with Crippen LogP contribution in [-0.4, -0.2) is 32.5 Å². The van der Waals surface area contributed by atoms with Crippen molar-refractivity contribution in [3.8, 4) is 0 Å². The number of hydrazone groups is 1. The van der Waals surface area contributed by atoms with Gasteiger partial charge >= 0.3 is 6.03 Å². The third-order valence-electron chi connectivity index (χ3n) is 3.72. The summed E-state index contributed by atoms with van der Waals surface area (Å²) in [6.45, 7) is 0.455. The molecular weight excluding hydrogens is 365 g/mol. The van der Waals surface area contributed by atoms with Gasteiger partial charge in [0.2, 0.25) is 0 Å². The molecule has 1 aromatic carbocycles. The number of carbonyl (C=O) groups excluding carboxylic acids is 1. The first-order valence-corrected chi connectivity index (χ1v) is 10.1. The van der Waals surface area contributed by atoms with Crippen LogP contribution in [0.5, 0.6) is 0 Å². The highest BCUT2D eigenvalue weighted by Crippen LogP contribution is 2.26. The number of urea groups is 1. The number of sulfone groups is 1. The molecule has 2 aromatic rings. The van der Waals surface area contributed by atoms with Gasteiger partial charge in [-0.1, -0.05) is 6.07 Å². The van der Waals surface area contributed by atoms with Crippen molar-refractivity contribution in [1.29, 1.82) is 0 Å². The molecule has 0 saturated heterocycles. The quantitative estimate of drug-likeness (QED) is 0.629. The van der Waals surface area contributed by atoms with Gasteiger partial charge in [-0.3, -0.25) is 0 Å². The van der Waals surface area contributed by atoms with E-state index in [1.807, 2.05) is 17.5 Å². The van der Waals surface area contributed by atoms with E-state index in [0.29, 0.717) is 18.7 Å². The van der Waals surface area contributed by atoms with Crippen LogP contribution in [0.15, 0.2) is 45.7 Å². The van der Waals surface area contributed by atoms with Crippen LogP contribution in [0, 0.1) is 5.82 Å². The number of amides is 2. The van der Waals surface area contributed by atoms with Gasteiger partial charge in [0.15, 0.2) is 9.84 Å². The first kappa shape index (κ1) is 17.6. The molecule has 0 radical (unpaired) electrons. The predicted octanol–water partition coefficient (Wildman–Crippen LogP) is 2.31. The number of nitrogens with one attached hydrogen (secondary N) is 2. The van der Waals surface area contributed by atoms with Gasteiger partial charge < -0.3 is 5.32 Å². The molecule has 0 bridgehead atoms. The van der Waals surface area contributed by atoms with E-state index in [-0.39, 0.29) is 22.6 Å². The maximum Gasteiger partial charge on any atom is 0.335 e. The maximum atomic E-state index is 13.5. The largest absolute Gasteiger partial charge is 0.336 e. The van der Waals surface area contributed by atoms with Gasteiger partial charge in [-0.25, -0.2) is 23.0 Å². The minimum Gasteiger partial charge on any atom is -0.336 e. The third kappa shape index (κ3) is 4.23. The fraction of sp³-hybridized carbons (Fsp3) is 0.250. The molecule has 0 aliphatic carbocycles. The lowest BCUT2D eigenvalue weighted by Crippen LogP contribution is -2.35. The summed E-state index contributed by atoms with van der Waals surface area (Å²) in [7, 11) is -3.44. The van der Waals surface area contributed by atoms with Crippen molar-refractivity contribution in [3.63, 3.8) is 0 Å². The molecular formula is C16H16FN3O3S2. The zero-order chi connectivity index (χ0) is 17.9. The van der Waals surface area contributed by atoms with Crippen LogP contribution >= 0.6 is 11.3 Å². The summed E-state index contributed by atoms with van der Waals surface area (Å²) in [5.74, 6) is -0.671. The number of halogens is 1. The summed E-state index contributed by atoms with van der Waals surface area (Å²) < 4.78 is 37.6. The van der Waals surface area contributed by atoms with Gasteiger partial charge in [0, 0.05) is 23.4 Å². The molecule has 2 heterocycles. The number of fused-ring (bicyclic) bond motifs is 1. The van der Waals surface area contributed by atoms with Gasteiger partial charge in [-0.2, -0.15) is 5.10 Å². The Morgan fingerprint density at radius 2 is 2.16 bits per heavy atom. The lowest BCUT2D eigenvalue weighted by molar-refractivity contribution is 0.241. The highest BCUT2D eigenvalue weighted by Gasteiger charge is 2.28. The third-order valence-corrected chi connectivity index (χ3v) is 6.43. The van der Waals surface area contributed by atoms with Crippen molar-refractivity contribution in [1.82, 2.24) is 10.7 Å². The summed E-state index contributed by atoms with van der Waals surface area (Å²) >= 11 is 1.61. The zero-order valence-corrected chi connectivity index (χ0v) is 14.8. The molecule has 0 spiro atoms. The Morgan fingerprint density at radius 1 is 1.32 bits per heavy atom. The SMILES string of the molecule is O=C(NCCc1cccs1)N/N=C1/CCS(=O)(=O)c2ccc(F)cc21. The minimum absolute atomic E-state index is 0.0406. The van der Waals surface area contributed by atoms with Crippen LogP contribution in [0.1, 0.15) is 16.9 Å². The van der Waals surface area contributed by atoms with Crippen molar-refractivity contribution in [3.05, 3.63) is 52.0 Å². The molecule has 6 nitrogen and oxygen atoms in total. The van der Waals surface area contributed by atoms with E-state index in [1.165, 1.54) is 6.07 Å². The summed E-state index contributed by atoms with van der Waals surface area (Å²) in [5, 5.41) is 8.61. The van der Waals surface area contributed by atoms with Crippen molar-refractivity contribution in [2.75, 3.05) is 12.3 Å². The second-order valence-electron chi connectivity index (χ2n) is 5.46. The Morgan fingerprint density at radius 3 is 2.92 bits per heavy atom. The molecule has 0 saturated carbocycles. The summed E-state index contributed by atoms with van der Waals surface area (Å²) in [4.78, 5) is 13.0. The van der Waals surface area contributed by atoms with Gasteiger partial charge in [0.25, 0.3) is 0 Å². The monoisotopic (exact) mass is 381 g/mol. The number of hydrogen-bond donors (Lipinski definition) is 2. The number of nitrogens with zero attached hydrogens (tertiary/aromatic N) is 1. The first-order chi connectivity index (χ1) is 12.0. The molecule has 0 fully saturated rings. The Labute approximate surface area is 148 Å². The standard InChI is InChI=1S/C16H16FN3O3S2/c17-11-3-4-15-13(10-11)14(6-9-25(15,22)23)19-20-16(21)18-7-5-12-2-1-8-24-12/h1-4,8,10H,5-7,9H2,(H2,18,20,21)/b19-14-. The second-order valence-corrected chi connectivity index (χ2v) is 8.57. The molecule has 132 valence electrons. The highest BCUT2D eigenvalue weighted by atomic mass is 32.2. The fourth-order valence-electron chi connectivity index (χ4n) is 2.50. The number of carbonyl (C=O) groups is 1. The molecule has 1 aromatic heterocycles. The van der Waals surface area contributed by atoms with E-state index in [9.17, 15) is 17.6 Å². The second kappa shape index (κ2) is 7.32. The van der Waals surface area contributed by atoms with E-state index in [1.54, 1.807) is 11.3 Å². The van der Waals surface area contributed by atoms with Crippen LogP contribution in [0.3, 0.4) is 0 Å². The summed E-state index contributed by atoms with van der Waals surface area (Å²) in [5.41, 5.74) is 2.89. The van der Waals surface area contributed by atoms with Crippen LogP contribution in [0.2, 0.25) is 0 Å². The molecule has 2 N–H and O–H groups in total. The Hall–Kier alpha value is -2.26. The van der Waals surface area contributed by atoms with Crippen molar-refractivity contribution in [2.24, 2.45) is 5.10 Å². The molecule has 9 heteroatoms. The predicted molar refractivity (Wildman–Crippen MR) is 94.2 cm³/mol. The number of rotatable bonds is 4. The first-order valence-electron chi connectivity index (χ1n) is 7.61. The average molecular weight is 381 g/mol. The fourth-order valence-corrected chi connectivity index (χ4v) is 4.68. The number of hydrogen-bond acceptors (Lipinski definition) is 5.